The summed E-state index contributed by atoms with van der Waals surface area (Å²) in [7, 11) is 1.75. The van der Waals surface area contributed by atoms with E-state index in [4.69, 9.17) is 9.72 Å². The molecule has 37 heavy (non-hydrogen) atoms. The highest BCUT2D eigenvalue weighted by Gasteiger charge is 2.40. The van der Waals surface area contributed by atoms with Crippen molar-refractivity contribution >= 4 is 16.6 Å². The first-order valence-electron chi connectivity index (χ1n) is 13.4. The van der Waals surface area contributed by atoms with Gasteiger partial charge in [-0.1, -0.05) is 54.2 Å². The Hall–Kier alpha value is -3.37. The molecule has 1 fully saturated rings. The Bertz CT molecular complexity index is 1410. The van der Waals surface area contributed by atoms with Gasteiger partial charge in [-0.3, -0.25) is 0 Å². The second-order valence-electron chi connectivity index (χ2n) is 10.8. The van der Waals surface area contributed by atoms with Gasteiger partial charge >= 0.3 is 0 Å². The van der Waals surface area contributed by atoms with E-state index in [1.54, 1.807) is 7.11 Å². The normalized spacial score (nSPS) is 21.6. The van der Waals surface area contributed by atoms with Crippen LogP contribution in [0.2, 0.25) is 0 Å². The van der Waals surface area contributed by atoms with Crippen LogP contribution in [0, 0.1) is 5.92 Å². The van der Waals surface area contributed by atoms with Crippen molar-refractivity contribution in [3.63, 3.8) is 0 Å². The predicted molar refractivity (Wildman–Crippen MR) is 153 cm³/mol. The van der Waals surface area contributed by atoms with Crippen molar-refractivity contribution in [2.75, 3.05) is 7.11 Å². The Labute approximate surface area is 220 Å². The standard InChI is InChI=1S/C33H38N2O2/c1-5-24(9-8-23(2)3)10-12-26-13-11-25(17-32(26)37-4)21-35-22-34-30-18-27(14-15-31(30)35)29-20-33(36)16-6-7-28(29)19-33/h5,8-9,11,13-15,17-18,20,22,28,36H,2,6-7,10,12,16,19,21H2,1,3-4H3/b9-8-,24-5+. The fourth-order valence-corrected chi connectivity index (χ4v) is 5.92. The summed E-state index contributed by atoms with van der Waals surface area (Å²) >= 11 is 0. The Kier molecular flexibility index (Phi) is 7.21. The predicted octanol–water partition coefficient (Wildman–Crippen LogP) is 7.42. The summed E-state index contributed by atoms with van der Waals surface area (Å²) in [4.78, 5) is 4.72. The zero-order valence-electron chi connectivity index (χ0n) is 22.3. The molecule has 4 heteroatoms. The van der Waals surface area contributed by atoms with Crippen LogP contribution in [0.1, 0.15) is 62.6 Å². The van der Waals surface area contributed by atoms with Crippen LogP contribution in [0.3, 0.4) is 0 Å². The fraction of sp³-hybridized carbons (Fsp3) is 0.364. The number of ether oxygens (including phenoxy) is 1. The first-order chi connectivity index (χ1) is 17.9. The molecular formula is C33H38N2O2. The highest BCUT2D eigenvalue weighted by atomic mass is 16.5. The van der Waals surface area contributed by atoms with Gasteiger partial charge in [-0.05, 0) is 105 Å². The molecule has 1 N–H and O–H groups in total. The summed E-state index contributed by atoms with van der Waals surface area (Å²) in [5, 5.41) is 10.8. The molecule has 1 saturated carbocycles. The maximum absolute atomic E-state index is 10.8. The van der Waals surface area contributed by atoms with Crippen LogP contribution in [0.4, 0.5) is 0 Å². The number of imidazole rings is 1. The first kappa shape index (κ1) is 25.3. The number of aromatic nitrogens is 2. The third-order valence-electron chi connectivity index (χ3n) is 7.92. The summed E-state index contributed by atoms with van der Waals surface area (Å²) in [6.07, 6.45) is 16.3. The van der Waals surface area contributed by atoms with E-state index in [9.17, 15) is 5.11 Å². The lowest BCUT2D eigenvalue weighted by molar-refractivity contribution is 0.0511. The van der Waals surface area contributed by atoms with Gasteiger partial charge in [0.2, 0.25) is 0 Å². The fourth-order valence-electron chi connectivity index (χ4n) is 5.92. The highest BCUT2D eigenvalue weighted by Crippen LogP contribution is 2.48. The molecule has 0 radical (unpaired) electrons. The zero-order valence-corrected chi connectivity index (χ0v) is 22.3. The summed E-state index contributed by atoms with van der Waals surface area (Å²) < 4.78 is 7.97. The van der Waals surface area contributed by atoms with E-state index in [0.717, 1.165) is 61.0 Å². The molecule has 2 aliphatic rings. The Balaban J connectivity index is 1.31. The lowest BCUT2D eigenvalue weighted by Gasteiger charge is -2.27. The molecule has 192 valence electrons. The van der Waals surface area contributed by atoms with Gasteiger partial charge in [0.1, 0.15) is 5.75 Å². The van der Waals surface area contributed by atoms with E-state index in [2.05, 4.69) is 78.8 Å². The SMILES string of the molecule is C=C(C)/C=C\C(=C/C)CCc1ccc(Cn2cnc3cc(C4=CC5(O)CCCC4C5)ccc32)cc1OC. The van der Waals surface area contributed by atoms with Crippen LogP contribution in [0.25, 0.3) is 16.6 Å². The largest absolute Gasteiger partial charge is 0.496 e. The van der Waals surface area contributed by atoms with Crippen molar-refractivity contribution in [1.82, 2.24) is 9.55 Å². The molecule has 2 unspecified atom stereocenters. The summed E-state index contributed by atoms with van der Waals surface area (Å²) in [6, 6.07) is 13.1. The number of benzene rings is 2. The van der Waals surface area contributed by atoms with Crippen molar-refractivity contribution in [3.05, 3.63) is 101 Å². The molecule has 2 aliphatic carbocycles. The van der Waals surface area contributed by atoms with E-state index in [-0.39, 0.29) is 0 Å². The lowest BCUT2D eigenvalue weighted by atomic mass is 9.82. The third-order valence-corrected chi connectivity index (χ3v) is 7.92. The van der Waals surface area contributed by atoms with E-state index < -0.39 is 5.60 Å². The van der Waals surface area contributed by atoms with Crippen molar-refractivity contribution in [3.8, 4) is 5.75 Å². The van der Waals surface area contributed by atoms with Gasteiger partial charge in [0.05, 0.1) is 30.1 Å². The van der Waals surface area contributed by atoms with Crippen molar-refractivity contribution < 1.29 is 9.84 Å². The Morgan fingerprint density at radius 2 is 2.11 bits per heavy atom. The molecule has 1 heterocycles. The number of methoxy groups -OCH3 is 1. The average Bonchev–Trinajstić information content (AvgIpc) is 3.40. The second-order valence-corrected chi connectivity index (χ2v) is 10.8. The molecule has 0 spiro atoms. The van der Waals surface area contributed by atoms with Crippen LogP contribution in [-0.2, 0) is 13.0 Å². The maximum atomic E-state index is 10.8. The minimum atomic E-state index is -0.604. The van der Waals surface area contributed by atoms with Crippen LogP contribution in [-0.4, -0.2) is 27.4 Å². The molecule has 3 aromatic rings. The number of aliphatic hydroxyl groups is 1. The average molecular weight is 495 g/mol. The number of aryl methyl sites for hydroxylation is 1. The van der Waals surface area contributed by atoms with Gasteiger partial charge in [0, 0.05) is 6.54 Å². The van der Waals surface area contributed by atoms with Gasteiger partial charge in [-0.2, -0.15) is 0 Å². The molecule has 2 aromatic carbocycles. The van der Waals surface area contributed by atoms with E-state index in [0.29, 0.717) is 5.92 Å². The van der Waals surface area contributed by atoms with Crippen molar-refractivity contribution in [2.24, 2.45) is 5.92 Å². The lowest BCUT2D eigenvalue weighted by Crippen LogP contribution is -2.27. The van der Waals surface area contributed by atoms with Gasteiger partial charge < -0.3 is 14.4 Å². The van der Waals surface area contributed by atoms with Crippen LogP contribution in [0.15, 0.2) is 84.8 Å². The van der Waals surface area contributed by atoms with Gasteiger partial charge in [-0.15, -0.1) is 0 Å². The maximum Gasteiger partial charge on any atom is 0.122 e. The number of rotatable bonds is 9. The summed E-state index contributed by atoms with van der Waals surface area (Å²) in [5.41, 5.74) is 8.76. The zero-order chi connectivity index (χ0) is 26.0. The molecule has 4 nitrogen and oxygen atoms in total. The summed E-state index contributed by atoms with van der Waals surface area (Å²) in [6.45, 7) is 8.78. The van der Waals surface area contributed by atoms with Crippen molar-refractivity contribution in [1.29, 1.82) is 0 Å². The Morgan fingerprint density at radius 1 is 1.24 bits per heavy atom. The molecular weight excluding hydrogens is 456 g/mol. The Morgan fingerprint density at radius 3 is 2.86 bits per heavy atom. The molecule has 0 aliphatic heterocycles. The van der Waals surface area contributed by atoms with Gasteiger partial charge in [-0.25, -0.2) is 4.98 Å². The highest BCUT2D eigenvalue weighted by molar-refractivity contribution is 5.82. The number of hydrogen-bond acceptors (Lipinski definition) is 3. The van der Waals surface area contributed by atoms with Crippen LogP contribution in [0.5, 0.6) is 5.75 Å². The van der Waals surface area contributed by atoms with Crippen LogP contribution < -0.4 is 4.74 Å². The number of nitrogens with zero attached hydrogens (tertiary/aromatic N) is 2. The van der Waals surface area contributed by atoms with Crippen molar-refractivity contribution in [2.45, 2.75) is 64.5 Å². The van der Waals surface area contributed by atoms with E-state index in [1.165, 1.54) is 34.3 Å². The monoisotopic (exact) mass is 494 g/mol. The quantitative estimate of drug-likeness (QED) is 0.315. The van der Waals surface area contributed by atoms with E-state index >= 15 is 0 Å². The molecule has 1 aromatic heterocycles. The third kappa shape index (κ3) is 5.50. The molecule has 2 bridgehead atoms. The number of allylic oxidation sites excluding steroid dienone is 6. The molecule has 2 atom stereocenters. The molecule has 0 saturated heterocycles. The van der Waals surface area contributed by atoms with Crippen LogP contribution >= 0.6 is 0 Å². The number of hydrogen-bond donors (Lipinski definition) is 1. The van der Waals surface area contributed by atoms with Gasteiger partial charge in [0.25, 0.3) is 0 Å². The minimum absolute atomic E-state index is 0.468. The first-order valence-corrected chi connectivity index (χ1v) is 13.4. The smallest absolute Gasteiger partial charge is 0.122 e. The summed E-state index contributed by atoms with van der Waals surface area (Å²) in [5.74, 6) is 1.40. The molecule has 5 rings (SSSR count). The minimum Gasteiger partial charge on any atom is -0.496 e. The number of fused-ring (bicyclic) bond motifs is 3. The van der Waals surface area contributed by atoms with Gasteiger partial charge in [0.15, 0.2) is 0 Å². The van der Waals surface area contributed by atoms with E-state index in [1.807, 2.05) is 13.3 Å². The molecule has 0 amide bonds. The second kappa shape index (κ2) is 10.5. The topological polar surface area (TPSA) is 47.3 Å².